The fourth-order valence-corrected chi connectivity index (χ4v) is 3.62. The number of carbonyl (C=O) groups is 2. The van der Waals surface area contributed by atoms with E-state index in [0.29, 0.717) is 19.3 Å². The van der Waals surface area contributed by atoms with Crippen molar-refractivity contribution in [3.05, 3.63) is 24.3 Å². The normalized spacial score (nSPS) is 24.3. The third kappa shape index (κ3) is 8.85. The van der Waals surface area contributed by atoms with E-state index in [4.69, 9.17) is 14.6 Å². The maximum Gasteiger partial charge on any atom is 0.303 e. The van der Waals surface area contributed by atoms with E-state index in [9.17, 15) is 9.59 Å². The smallest absolute Gasteiger partial charge is 0.303 e. The number of ether oxygens (including phenoxy) is 2. The Morgan fingerprint density at radius 2 is 2.04 bits per heavy atom. The van der Waals surface area contributed by atoms with Gasteiger partial charge in [-0.1, -0.05) is 50.5 Å². The van der Waals surface area contributed by atoms with Gasteiger partial charge in [0.1, 0.15) is 5.78 Å². The predicted octanol–water partition coefficient (Wildman–Crippen LogP) is 4.56. The van der Waals surface area contributed by atoms with Crippen LogP contribution in [-0.4, -0.2) is 43.3 Å². The largest absolute Gasteiger partial charge is 0.481 e. The van der Waals surface area contributed by atoms with Crippen LogP contribution in [0.1, 0.15) is 64.7 Å². The van der Waals surface area contributed by atoms with Gasteiger partial charge in [-0.15, -0.1) is 0 Å². The molecule has 1 aliphatic rings. The van der Waals surface area contributed by atoms with Crippen LogP contribution < -0.4 is 0 Å². The highest BCUT2D eigenvalue weighted by Gasteiger charge is 2.40. The molecule has 1 aliphatic carbocycles. The Bertz CT molecular complexity index is 497. The molecule has 5 nitrogen and oxygen atoms in total. The lowest BCUT2D eigenvalue weighted by Crippen LogP contribution is -2.20. The maximum absolute atomic E-state index is 12.4. The Morgan fingerprint density at radius 1 is 1.26 bits per heavy atom. The topological polar surface area (TPSA) is 72.8 Å². The van der Waals surface area contributed by atoms with E-state index in [1.54, 1.807) is 14.2 Å². The van der Waals surface area contributed by atoms with E-state index in [-0.39, 0.29) is 36.2 Å². The van der Waals surface area contributed by atoms with Gasteiger partial charge >= 0.3 is 5.97 Å². The summed E-state index contributed by atoms with van der Waals surface area (Å²) in [5, 5.41) is 8.66. The number of carbonyl (C=O) groups excluding carboxylic acids is 1. The van der Waals surface area contributed by atoms with Crippen LogP contribution in [0.5, 0.6) is 0 Å². The summed E-state index contributed by atoms with van der Waals surface area (Å²) >= 11 is 0. The van der Waals surface area contributed by atoms with Crippen molar-refractivity contribution >= 4 is 11.8 Å². The van der Waals surface area contributed by atoms with E-state index < -0.39 is 5.97 Å². The van der Waals surface area contributed by atoms with Crippen LogP contribution in [0.15, 0.2) is 24.3 Å². The Labute approximate surface area is 163 Å². The van der Waals surface area contributed by atoms with E-state index in [0.717, 1.165) is 19.3 Å². The number of methoxy groups -OCH3 is 2. The van der Waals surface area contributed by atoms with Crippen molar-refractivity contribution in [2.75, 3.05) is 14.2 Å². The summed E-state index contributed by atoms with van der Waals surface area (Å²) in [7, 11) is 3.39. The molecule has 1 fully saturated rings. The van der Waals surface area contributed by atoms with Crippen LogP contribution in [0.2, 0.25) is 0 Å². The lowest BCUT2D eigenvalue weighted by Gasteiger charge is -2.20. The fraction of sp³-hybridized carbons (Fsp3) is 0.727. The molecule has 0 spiro atoms. The summed E-state index contributed by atoms with van der Waals surface area (Å²) in [6, 6.07) is 0. The summed E-state index contributed by atoms with van der Waals surface area (Å²) in [5.41, 5.74) is 0. The Kier molecular flexibility index (Phi) is 11.9. The first kappa shape index (κ1) is 23.6. The summed E-state index contributed by atoms with van der Waals surface area (Å²) < 4.78 is 11.1. The highest BCUT2D eigenvalue weighted by molar-refractivity contribution is 5.84. The van der Waals surface area contributed by atoms with E-state index >= 15 is 0 Å². The summed E-state index contributed by atoms with van der Waals surface area (Å²) in [5.74, 6) is -0.536. The molecule has 0 heterocycles. The summed E-state index contributed by atoms with van der Waals surface area (Å²) in [6.45, 7) is 2.19. The molecule has 0 amide bonds. The predicted molar refractivity (Wildman–Crippen MR) is 107 cm³/mol. The Morgan fingerprint density at radius 3 is 2.67 bits per heavy atom. The molecule has 1 saturated carbocycles. The van der Waals surface area contributed by atoms with Crippen LogP contribution in [0.25, 0.3) is 0 Å². The molecule has 0 bridgehead atoms. The van der Waals surface area contributed by atoms with Crippen LogP contribution in [0.4, 0.5) is 0 Å². The SMILES string of the molecule is CCCCC[C@@H](/C=C/[C@H]1[C@H](OC)CC(=O)[C@@H]1C/C=C/CCCC(=O)O)OC. The minimum Gasteiger partial charge on any atom is -0.481 e. The van der Waals surface area contributed by atoms with Gasteiger partial charge in [-0.2, -0.15) is 0 Å². The molecule has 154 valence electrons. The number of ketones is 1. The monoisotopic (exact) mass is 380 g/mol. The molecule has 4 atom stereocenters. The highest BCUT2D eigenvalue weighted by atomic mass is 16.5. The number of carboxylic acid groups (broad SMARTS) is 1. The lowest BCUT2D eigenvalue weighted by atomic mass is 9.90. The number of hydrogen-bond acceptors (Lipinski definition) is 4. The van der Waals surface area contributed by atoms with Crippen LogP contribution in [0.3, 0.4) is 0 Å². The van der Waals surface area contributed by atoms with Gasteiger partial charge in [0.25, 0.3) is 0 Å². The van der Waals surface area contributed by atoms with Crippen LogP contribution in [-0.2, 0) is 19.1 Å². The van der Waals surface area contributed by atoms with Crippen molar-refractivity contribution < 1.29 is 24.2 Å². The molecule has 0 saturated heterocycles. The average molecular weight is 381 g/mol. The molecule has 0 radical (unpaired) electrons. The Hall–Kier alpha value is -1.46. The van der Waals surface area contributed by atoms with Crippen LogP contribution >= 0.6 is 0 Å². The Balaban J connectivity index is 2.62. The second-order valence-electron chi connectivity index (χ2n) is 7.28. The van der Waals surface area contributed by atoms with E-state index in [1.807, 2.05) is 12.2 Å². The first-order chi connectivity index (χ1) is 13.0. The molecule has 0 aromatic rings. The summed E-state index contributed by atoms with van der Waals surface area (Å²) in [4.78, 5) is 23.0. The molecule has 0 aliphatic heterocycles. The van der Waals surface area contributed by atoms with Crippen molar-refractivity contribution in [2.45, 2.75) is 76.9 Å². The van der Waals surface area contributed by atoms with Gasteiger partial charge in [0, 0.05) is 38.9 Å². The van der Waals surface area contributed by atoms with E-state index in [1.165, 1.54) is 12.8 Å². The van der Waals surface area contributed by atoms with Crippen molar-refractivity contribution in [1.29, 1.82) is 0 Å². The van der Waals surface area contributed by atoms with Crippen molar-refractivity contribution in [3.8, 4) is 0 Å². The number of allylic oxidation sites excluding steroid dienone is 2. The molecule has 0 aromatic carbocycles. The molecule has 1 N–H and O–H groups in total. The van der Waals surface area contributed by atoms with Gasteiger partial charge in [0.05, 0.1) is 12.2 Å². The van der Waals surface area contributed by atoms with Gasteiger partial charge in [0.15, 0.2) is 0 Å². The minimum absolute atomic E-state index is 0.0648. The molecule has 0 aromatic heterocycles. The molecule has 5 heteroatoms. The van der Waals surface area contributed by atoms with Gasteiger partial charge in [-0.3, -0.25) is 9.59 Å². The van der Waals surface area contributed by atoms with Gasteiger partial charge < -0.3 is 14.6 Å². The second-order valence-corrected chi connectivity index (χ2v) is 7.28. The first-order valence-corrected chi connectivity index (χ1v) is 10.2. The molecule has 0 unspecified atom stereocenters. The molecule has 1 rings (SSSR count). The highest BCUT2D eigenvalue weighted by Crippen LogP contribution is 2.35. The number of carboxylic acids is 1. The van der Waals surface area contributed by atoms with Crippen LogP contribution in [0, 0.1) is 11.8 Å². The zero-order valence-corrected chi connectivity index (χ0v) is 17.1. The third-order valence-electron chi connectivity index (χ3n) is 5.27. The molecular formula is C22H36O5. The minimum atomic E-state index is -0.769. The maximum atomic E-state index is 12.4. The van der Waals surface area contributed by atoms with Crippen molar-refractivity contribution in [3.63, 3.8) is 0 Å². The average Bonchev–Trinajstić information content (AvgIpc) is 2.95. The number of rotatable bonds is 14. The van der Waals surface area contributed by atoms with Gasteiger partial charge in [-0.05, 0) is 25.7 Å². The third-order valence-corrected chi connectivity index (χ3v) is 5.27. The van der Waals surface area contributed by atoms with Crippen molar-refractivity contribution in [2.24, 2.45) is 11.8 Å². The zero-order valence-electron chi connectivity index (χ0n) is 17.1. The van der Waals surface area contributed by atoms with Crippen molar-refractivity contribution in [1.82, 2.24) is 0 Å². The molecule has 27 heavy (non-hydrogen) atoms. The number of hydrogen-bond donors (Lipinski definition) is 1. The number of aliphatic carboxylic acids is 1. The first-order valence-electron chi connectivity index (χ1n) is 10.2. The van der Waals surface area contributed by atoms with Gasteiger partial charge in [-0.25, -0.2) is 0 Å². The standard InChI is InChI=1S/C22H36O5/c1-4-5-8-11-17(26-2)14-15-19-18(20(23)16-21(19)27-3)12-9-6-7-10-13-22(24)25/h6,9,14-15,17-19,21H,4-5,7-8,10-13,16H2,1-3H3,(H,24,25)/b9-6+,15-14+/t17-,18+,19+,21+/m0/s1. The van der Waals surface area contributed by atoms with E-state index in [2.05, 4.69) is 19.1 Å². The molecular weight excluding hydrogens is 344 g/mol. The van der Waals surface area contributed by atoms with Gasteiger partial charge in [0.2, 0.25) is 0 Å². The lowest BCUT2D eigenvalue weighted by molar-refractivity contribution is -0.137. The number of Topliss-reactive ketones (excluding diaryl/α,β-unsaturated/α-hetero) is 1. The number of unbranched alkanes of at least 4 members (excludes halogenated alkanes) is 3. The quantitative estimate of drug-likeness (QED) is 0.353. The second kappa shape index (κ2) is 13.7. The summed E-state index contributed by atoms with van der Waals surface area (Å²) in [6.07, 6.45) is 15.4. The fourth-order valence-electron chi connectivity index (χ4n) is 3.62. The zero-order chi connectivity index (χ0) is 20.1.